The number of carbonyl (C=O) groups excluding carboxylic acids is 3. The van der Waals surface area contributed by atoms with E-state index in [1.165, 1.54) is 32.1 Å². The van der Waals surface area contributed by atoms with Gasteiger partial charge in [-0.15, -0.1) is 0 Å². The van der Waals surface area contributed by atoms with Crippen molar-refractivity contribution in [2.24, 2.45) is 10.9 Å². The first-order valence-corrected chi connectivity index (χ1v) is 28.7. The van der Waals surface area contributed by atoms with Gasteiger partial charge in [0.25, 0.3) is 11.8 Å². The molecule has 5 aliphatic rings. The molecule has 1 aliphatic carbocycles. The average Bonchev–Trinajstić information content (AvgIpc) is 3.94. The van der Waals surface area contributed by atoms with E-state index in [1.54, 1.807) is 39.5 Å². The highest BCUT2D eigenvalue weighted by Gasteiger charge is 2.39. The molecule has 1 saturated carbocycles. The first-order chi connectivity index (χ1) is 39.0. The lowest BCUT2D eigenvalue weighted by Crippen LogP contribution is -2.49. The van der Waals surface area contributed by atoms with E-state index < -0.39 is 0 Å². The Kier molecular flexibility index (Phi) is 18.2. The second-order valence-corrected chi connectivity index (χ2v) is 22.2. The molecule has 0 aromatic heterocycles. The number of benzene rings is 5. The normalized spacial score (nSPS) is 17.6. The van der Waals surface area contributed by atoms with Gasteiger partial charge in [0.2, 0.25) is 5.91 Å². The van der Waals surface area contributed by atoms with Crippen LogP contribution in [0.25, 0.3) is 0 Å². The Morgan fingerprint density at radius 1 is 0.688 bits per heavy atom. The summed E-state index contributed by atoms with van der Waals surface area (Å²) in [5.41, 5.74) is 8.51. The molecule has 10 rings (SSSR count). The van der Waals surface area contributed by atoms with E-state index in [9.17, 15) is 14.4 Å². The Hall–Kier alpha value is -7.14. The third kappa shape index (κ3) is 12.9. The number of aliphatic imine (C=N–C) groups is 1. The van der Waals surface area contributed by atoms with Gasteiger partial charge in [0, 0.05) is 80.5 Å². The number of hydrogen-bond acceptors (Lipinski definition) is 13. The molecule has 424 valence electrons. The van der Waals surface area contributed by atoms with Crippen LogP contribution >= 0.6 is 0 Å². The lowest BCUT2D eigenvalue weighted by atomic mass is 9.78. The molecule has 80 heavy (non-hydrogen) atoms. The smallest absolute Gasteiger partial charge is 0.261 e. The van der Waals surface area contributed by atoms with Crippen LogP contribution in [0.3, 0.4) is 0 Å². The fourth-order valence-corrected chi connectivity index (χ4v) is 12.2. The largest absolute Gasteiger partial charge is 0.493 e. The maximum absolute atomic E-state index is 14.3. The van der Waals surface area contributed by atoms with E-state index >= 15 is 0 Å². The summed E-state index contributed by atoms with van der Waals surface area (Å²) in [6, 6.07) is 29.2. The minimum Gasteiger partial charge on any atom is -0.493 e. The van der Waals surface area contributed by atoms with E-state index in [0.29, 0.717) is 123 Å². The first-order valence-electron chi connectivity index (χ1n) is 28.7. The van der Waals surface area contributed by atoms with Crippen LogP contribution in [-0.4, -0.2) is 116 Å². The maximum Gasteiger partial charge on any atom is 0.261 e. The van der Waals surface area contributed by atoms with Crippen molar-refractivity contribution in [3.63, 3.8) is 0 Å². The number of ether oxygens (including phenoxy) is 7. The van der Waals surface area contributed by atoms with E-state index in [0.717, 1.165) is 58.6 Å². The van der Waals surface area contributed by atoms with E-state index in [-0.39, 0.29) is 48.6 Å². The zero-order valence-electron chi connectivity index (χ0n) is 47.2. The molecule has 3 amide bonds. The molecule has 16 heteroatoms. The zero-order valence-corrected chi connectivity index (χ0v) is 47.2. The van der Waals surface area contributed by atoms with Crippen LogP contribution in [0.4, 0.5) is 28.4 Å². The number of anilines is 4. The summed E-state index contributed by atoms with van der Waals surface area (Å²) in [5, 5.41) is 6.99. The molecule has 4 heterocycles. The Morgan fingerprint density at radius 3 is 2.00 bits per heavy atom. The van der Waals surface area contributed by atoms with Crippen LogP contribution in [0, 0.1) is 5.92 Å². The summed E-state index contributed by atoms with van der Waals surface area (Å²) in [6.45, 7) is 8.61. The quantitative estimate of drug-likeness (QED) is 0.0564. The number of carbonyl (C=O) groups is 3. The van der Waals surface area contributed by atoms with Gasteiger partial charge in [-0.2, -0.15) is 0 Å². The van der Waals surface area contributed by atoms with E-state index in [2.05, 4.69) is 53.6 Å². The van der Waals surface area contributed by atoms with Crippen molar-refractivity contribution in [3.8, 4) is 23.0 Å². The Labute approximate surface area is 471 Å². The molecular weight excluding hydrogens is 1010 g/mol. The van der Waals surface area contributed by atoms with Crippen LogP contribution in [0.15, 0.2) is 96.0 Å². The molecule has 5 aromatic rings. The third-order valence-corrected chi connectivity index (χ3v) is 16.4. The lowest BCUT2D eigenvalue weighted by molar-refractivity contribution is -0.123. The number of hydrogen-bond donors (Lipinski definition) is 2. The molecule has 2 N–H and O–H groups in total. The highest BCUT2D eigenvalue weighted by Crippen LogP contribution is 2.43. The monoisotopic (exact) mass is 1090 g/mol. The van der Waals surface area contributed by atoms with Gasteiger partial charge < -0.3 is 53.6 Å². The second kappa shape index (κ2) is 26.0. The molecule has 0 bridgehead atoms. The van der Waals surface area contributed by atoms with Crippen molar-refractivity contribution >= 4 is 52.4 Å². The van der Waals surface area contributed by atoms with Crippen LogP contribution in [0.2, 0.25) is 0 Å². The summed E-state index contributed by atoms with van der Waals surface area (Å²) in [5.74, 6) is 2.04. The van der Waals surface area contributed by atoms with Gasteiger partial charge >= 0.3 is 0 Å². The summed E-state index contributed by atoms with van der Waals surface area (Å²) in [7, 11) is 4.80. The summed E-state index contributed by atoms with van der Waals surface area (Å²) >= 11 is 0. The first kappa shape index (κ1) is 56.1. The van der Waals surface area contributed by atoms with E-state index in [4.69, 9.17) is 38.2 Å². The highest BCUT2D eigenvalue weighted by atomic mass is 16.5. The van der Waals surface area contributed by atoms with Crippen LogP contribution in [-0.2, 0) is 45.1 Å². The molecular formula is C64H78N6O10. The SMILES string of the molecule is COCCOCCOCCN(CCCC(=O)NC(C)(C)C1CCCCCCC1)c1cc(COc2cc3c(cc2OC)C(=O)N2c4ccccc4C[C@H]2C=N3)cc(COc2cc3c(cc2OC)C(=O)N2c4ccccc4C[C@H]2CN3)c1. The van der Waals surface area contributed by atoms with Crippen molar-refractivity contribution in [2.45, 2.75) is 115 Å². The number of nitrogens with zero attached hydrogens (tertiary/aromatic N) is 4. The van der Waals surface area contributed by atoms with Crippen LogP contribution in [0.5, 0.6) is 23.0 Å². The van der Waals surface area contributed by atoms with Gasteiger partial charge in [-0.25, -0.2) is 0 Å². The number of fused-ring (bicyclic) bond motifs is 8. The fraction of sp³-hybridized carbons (Fsp3) is 0.469. The van der Waals surface area contributed by atoms with Crippen molar-refractivity contribution in [2.75, 3.05) is 94.0 Å². The molecule has 4 aliphatic heterocycles. The number of nitrogens with one attached hydrogen (secondary N) is 2. The van der Waals surface area contributed by atoms with Gasteiger partial charge in [-0.1, -0.05) is 68.5 Å². The van der Waals surface area contributed by atoms with Gasteiger partial charge in [0.05, 0.1) is 81.8 Å². The third-order valence-electron chi connectivity index (χ3n) is 16.4. The van der Waals surface area contributed by atoms with Gasteiger partial charge in [0.15, 0.2) is 23.0 Å². The van der Waals surface area contributed by atoms with Gasteiger partial charge in [-0.3, -0.25) is 24.3 Å². The Bertz CT molecular complexity index is 3030. The average molecular weight is 1090 g/mol. The molecule has 16 nitrogen and oxygen atoms in total. The predicted octanol–water partition coefficient (Wildman–Crippen LogP) is 10.7. The molecule has 0 unspecified atom stereocenters. The molecule has 0 radical (unpaired) electrons. The fourth-order valence-electron chi connectivity index (χ4n) is 12.2. The van der Waals surface area contributed by atoms with Crippen molar-refractivity contribution in [1.29, 1.82) is 0 Å². The minimum atomic E-state index is -0.295. The van der Waals surface area contributed by atoms with Crippen LogP contribution in [0.1, 0.15) is 115 Å². The van der Waals surface area contributed by atoms with E-state index in [1.807, 2.05) is 64.5 Å². The Morgan fingerprint density at radius 2 is 1.30 bits per heavy atom. The number of para-hydroxylation sites is 2. The van der Waals surface area contributed by atoms with Gasteiger partial charge in [0.1, 0.15) is 13.2 Å². The minimum absolute atomic E-state index is 0.0254. The number of methoxy groups -OCH3 is 3. The summed E-state index contributed by atoms with van der Waals surface area (Å²) < 4.78 is 42.1. The molecule has 0 saturated heterocycles. The summed E-state index contributed by atoms with van der Waals surface area (Å²) in [6.07, 6.45) is 12.8. The van der Waals surface area contributed by atoms with Crippen molar-refractivity contribution in [1.82, 2.24) is 5.32 Å². The predicted molar refractivity (Wildman–Crippen MR) is 312 cm³/mol. The second-order valence-electron chi connectivity index (χ2n) is 22.2. The molecule has 0 spiro atoms. The lowest BCUT2D eigenvalue weighted by Gasteiger charge is -2.36. The van der Waals surface area contributed by atoms with Gasteiger partial charge in [-0.05, 0) is 110 Å². The molecule has 2 atom stereocenters. The number of amides is 3. The molecule has 5 aromatic carbocycles. The van der Waals surface area contributed by atoms with Crippen LogP contribution < -0.4 is 44.3 Å². The standard InChI is InChI=1S/C64H78N6O10/c1-64(2,47-18-9-7-6-8-10-19-47)67-61(71)22-15-23-68(24-25-77-28-29-78-27-26-74-3)48-31-43(41-79-59-37-53-51(35-57(59)75-4)62(72)69-49(39-65-53)33-45-16-11-13-20-55(45)69)30-44(32-48)42-80-60-38-54-52(36-58(60)76-5)63(73)70-50(40-66-54)34-46-17-12-14-21-56(46)70/h11-14,16-17,20-21,30-32,35-39,47,49-50,66H,6-10,15,18-19,22-29,33-34,40-42H2,1-5H3,(H,67,71)/t49-,50-/m0/s1. The summed E-state index contributed by atoms with van der Waals surface area (Å²) in [4.78, 5) is 53.2. The van der Waals surface area contributed by atoms with Crippen molar-refractivity contribution in [3.05, 3.63) is 124 Å². The highest BCUT2D eigenvalue weighted by molar-refractivity contribution is 6.15. The zero-order chi connectivity index (χ0) is 55.6. The maximum atomic E-state index is 14.3. The Balaban J connectivity index is 0.918. The number of rotatable bonds is 24. The topological polar surface area (TPSA) is 162 Å². The van der Waals surface area contributed by atoms with Crippen molar-refractivity contribution < 1.29 is 47.5 Å². The molecule has 1 fully saturated rings.